The van der Waals surface area contributed by atoms with Crippen molar-refractivity contribution in [3.05, 3.63) is 0 Å². The maximum Gasteiger partial charge on any atom is 1.00 e. The summed E-state index contributed by atoms with van der Waals surface area (Å²) in [5, 5.41) is 7.38. The fourth-order valence-electron chi connectivity index (χ4n) is 0.586. The normalized spacial score (nSPS) is 6.79. The van der Waals surface area contributed by atoms with Gasteiger partial charge in [0.05, 0.1) is 0 Å². The fourth-order valence-corrected chi connectivity index (χ4v) is 0.586. The Morgan fingerprint density at radius 2 is 1.11 bits per heavy atom. The molecule has 0 aliphatic carbocycles. The van der Waals surface area contributed by atoms with Gasteiger partial charge in [-0.2, -0.15) is 0 Å². The van der Waals surface area contributed by atoms with Crippen molar-refractivity contribution in [3.8, 4) is 3.32 Å². The molecule has 0 aliphatic rings. The van der Waals surface area contributed by atoms with Crippen LogP contribution in [0.25, 0.3) is 0 Å². The van der Waals surface area contributed by atoms with Crippen LogP contribution in [-0.2, 0) is 28.3 Å². The molecule has 0 aromatic carbocycles. The first-order chi connectivity index (χ1) is 7.33. The summed E-state index contributed by atoms with van der Waals surface area (Å²) in [5.41, 5.74) is 0. The standard InChI is InChI=1S/C6H10BO6.CN.BH4.3Na/c1-4(8)11-7(12-5(2)9)13-6(3)10;1-2;;;;/h7H,1-3H3;;1H4;;;/q-1;;-1;;2*+1. The number of rotatable bonds is 3. The van der Waals surface area contributed by atoms with Gasteiger partial charge < -0.3 is 14.0 Å². The molecule has 0 rings (SSSR count). The van der Waals surface area contributed by atoms with Gasteiger partial charge in [0.2, 0.25) is 0 Å². The van der Waals surface area contributed by atoms with Gasteiger partial charge in [-0.1, -0.05) is 8.41 Å². The Kier molecular flexibility index (Phi) is 36.0. The van der Waals surface area contributed by atoms with E-state index < -0.39 is 25.2 Å². The number of nitrogens with zero attached hydrogens (tertiary/aromatic N) is 1. The van der Waals surface area contributed by atoms with Crippen LogP contribution in [0.1, 0.15) is 20.8 Å². The predicted molar refractivity (Wildman–Crippen MR) is 65.1 cm³/mol. The van der Waals surface area contributed by atoms with Crippen molar-refractivity contribution < 1.29 is 87.5 Å². The molecule has 0 spiro atoms. The third-order valence-electron chi connectivity index (χ3n) is 0.963. The molecule has 0 atom stereocenters. The van der Waals surface area contributed by atoms with Gasteiger partial charge in [0, 0.05) is 20.8 Å². The number of carbonyl (C=O) groups excluding carboxylic acids is 3. The van der Waals surface area contributed by atoms with Gasteiger partial charge in [-0.15, -0.1) is 0 Å². The van der Waals surface area contributed by atoms with Crippen molar-refractivity contribution >= 4 is 61.6 Å². The Morgan fingerprint density at radius 3 is 1.21 bits per heavy atom. The summed E-state index contributed by atoms with van der Waals surface area (Å²) >= 11 is 0.674. The minimum atomic E-state index is -2.41. The summed E-state index contributed by atoms with van der Waals surface area (Å²) in [6.07, 6.45) is 0. The van der Waals surface area contributed by atoms with E-state index in [0.717, 1.165) is 20.8 Å². The van der Waals surface area contributed by atoms with Crippen molar-refractivity contribution in [2.75, 3.05) is 0 Å². The maximum atomic E-state index is 10.4. The summed E-state index contributed by atoms with van der Waals surface area (Å²) in [6, 6.07) is 0. The minimum absolute atomic E-state index is 0. The third kappa shape index (κ3) is 32.5. The van der Waals surface area contributed by atoms with Gasteiger partial charge in [-0.3, -0.25) is 14.4 Å². The molecule has 0 aromatic rings. The van der Waals surface area contributed by atoms with Crippen molar-refractivity contribution in [1.29, 1.82) is 5.26 Å². The smallest absolute Gasteiger partial charge is 0.0626 e. The molecule has 0 bridgehead atoms. The number of hydrogen-bond donors (Lipinski definition) is 0. The molecular formula is C7H14B2NNa3O6. The van der Waals surface area contributed by atoms with Gasteiger partial charge in [-0.05, 0) is 0 Å². The first kappa shape index (κ1) is 32.1. The van der Waals surface area contributed by atoms with Crippen LogP contribution in [0, 0.1) is 8.58 Å². The molecule has 0 unspecified atom stereocenters. The van der Waals surface area contributed by atoms with Gasteiger partial charge in [0.1, 0.15) is 0 Å². The Hall–Kier alpha value is 1.03. The zero-order valence-corrected chi connectivity index (χ0v) is 17.6. The van der Waals surface area contributed by atoms with Crippen LogP contribution in [0.3, 0.4) is 0 Å². The predicted octanol–water partition coefficient (Wildman–Crippen LogP) is -8.41. The number of carbonyl (C=O) groups is 3. The second kappa shape index (κ2) is 21.3. The Bertz CT molecular complexity index is 274. The largest absolute Gasteiger partial charge is 1.00 e. The first-order valence-corrected chi connectivity index (χ1v) is 5.31. The second-order valence-corrected chi connectivity index (χ2v) is 2.93. The molecular weight excluding hydrogens is 285 g/mol. The molecule has 0 fully saturated rings. The van der Waals surface area contributed by atoms with E-state index in [1.54, 1.807) is 0 Å². The van der Waals surface area contributed by atoms with Gasteiger partial charge in [-0.25, -0.2) is 0 Å². The van der Waals surface area contributed by atoms with E-state index in [1.807, 2.05) is 3.32 Å². The number of nitriles is 1. The van der Waals surface area contributed by atoms with Crippen molar-refractivity contribution in [1.82, 2.24) is 0 Å². The van der Waals surface area contributed by atoms with Crippen LogP contribution in [0.15, 0.2) is 0 Å². The van der Waals surface area contributed by atoms with Crippen LogP contribution >= 0.6 is 0 Å². The molecule has 12 heteroatoms. The van der Waals surface area contributed by atoms with E-state index in [0.29, 0.717) is 27.9 Å². The van der Waals surface area contributed by atoms with Crippen LogP contribution < -0.4 is 59.1 Å². The third-order valence-corrected chi connectivity index (χ3v) is 0.963. The average molecular weight is 299 g/mol. The summed E-state index contributed by atoms with van der Waals surface area (Å²) in [7, 11) is -2.41. The maximum absolute atomic E-state index is 10.4. The molecule has 0 aromatic heterocycles. The molecule has 0 radical (unpaired) electrons. The monoisotopic (exact) mass is 299 g/mol. The molecule has 0 saturated carbocycles. The summed E-state index contributed by atoms with van der Waals surface area (Å²) in [4.78, 5) is 31.3. The van der Waals surface area contributed by atoms with Gasteiger partial charge in [0.25, 0.3) is 17.9 Å². The number of hydrogen-bond acceptors (Lipinski definition) is 7. The zero-order valence-electron chi connectivity index (χ0n) is 11.6. The van der Waals surface area contributed by atoms with E-state index in [2.05, 4.69) is 14.0 Å². The first-order valence-electron chi connectivity index (χ1n) is 4.31. The SMILES string of the molecule is CC(=O)O[BH-](OC(C)=O)OC(C)=O.N#[C][Na].[BH4-].[Na+].[Na+]. The van der Waals surface area contributed by atoms with Crippen LogP contribution in [0.5, 0.6) is 0 Å². The van der Waals surface area contributed by atoms with Gasteiger partial charge in [0.15, 0.2) is 0 Å². The summed E-state index contributed by atoms with van der Waals surface area (Å²) in [6.45, 7) is 3.35. The quantitative estimate of drug-likeness (QED) is 0.477. The summed E-state index contributed by atoms with van der Waals surface area (Å²) < 4.78 is 15.2. The zero-order chi connectivity index (χ0) is 13.1. The molecule has 0 saturated heterocycles. The molecule has 92 valence electrons. The van der Waals surface area contributed by atoms with Gasteiger partial charge >= 0.3 is 103 Å². The molecule has 0 heterocycles. The topological polar surface area (TPSA) is 103 Å². The molecule has 0 aliphatic heterocycles. The van der Waals surface area contributed by atoms with E-state index in [9.17, 15) is 14.4 Å². The minimum Gasteiger partial charge on any atom is -0.0626 e. The fraction of sp³-hybridized carbons (Fsp3) is 0.429. The van der Waals surface area contributed by atoms with E-state index in [-0.39, 0.29) is 67.5 Å². The van der Waals surface area contributed by atoms with Crippen molar-refractivity contribution in [2.24, 2.45) is 0 Å². The molecule has 0 N–H and O–H groups in total. The molecule has 19 heavy (non-hydrogen) atoms. The van der Waals surface area contributed by atoms with E-state index in [4.69, 9.17) is 5.26 Å². The van der Waals surface area contributed by atoms with Crippen molar-refractivity contribution in [3.63, 3.8) is 0 Å². The second-order valence-electron chi connectivity index (χ2n) is 2.48. The van der Waals surface area contributed by atoms with Crippen LogP contribution in [0.4, 0.5) is 0 Å². The van der Waals surface area contributed by atoms with E-state index in [1.165, 1.54) is 0 Å². The Balaban J connectivity index is -0.0000000992. The summed E-state index contributed by atoms with van der Waals surface area (Å²) in [5.74, 6) is -2.03. The average Bonchev–Trinajstić information content (AvgIpc) is 2.00. The van der Waals surface area contributed by atoms with E-state index >= 15 is 0 Å². The van der Waals surface area contributed by atoms with Crippen LogP contribution in [-0.4, -0.2) is 61.6 Å². The molecule has 7 nitrogen and oxygen atoms in total. The Morgan fingerprint density at radius 1 is 0.947 bits per heavy atom. The molecule has 0 amide bonds. The van der Waals surface area contributed by atoms with Crippen LogP contribution in [0.2, 0.25) is 0 Å². The van der Waals surface area contributed by atoms with Crippen molar-refractivity contribution in [2.45, 2.75) is 20.8 Å². The Labute approximate surface area is 176 Å².